The van der Waals surface area contributed by atoms with Gasteiger partial charge in [-0.15, -0.1) is 10.2 Å². The monoisotopic (exact) mass is 458 g/mol. The predicted molar refractivity (Wildman–Crippen MR) is 118 cm³/mol. The molecule has 0 aliphatic carbocycles. The van der Waals surface area contributed by atoms with Gasteiger partial charge < -0.3 is 9.64 Å². The Morgan fingerprint density at radius 1 is 1.12 bits per heavy atom. The third kappa shape index (κ3) is 5.52. The minimum Gasteiger partial charge on any atom is -0.376 e. The first-order valence-corrected chi connectivity index (χ1v) is 11.4. The Morgan fingerprint density at radius 2 is 1.81 bits per heavy atom. The highest BCUT2D eigenvalue weighted by Crippen LogP contribution is 2.27. The number of amides is 1. The molecule has 0 N–H and O–H groups in total. The van der Waals surface area contributed by atoms with Crippen molar-refractivity contribution in [1.82, 2.24) is 19.7 Å². The van der Waals surface area contributed by atoms with E-state index in [9.17, 15) is 13.6 Å². The Balaban J connectivity index is 1.46. The Labute approximate surface area is 189 Å². The number of nitrogens with zero attached hydrogens (tertiary/aromatic N) is 4. The molecular weight excluding hydrogens is 434 g/mol. The van der Waals surface area contributed by atoms with Gasteiger partial charge in [-0.3, -0.25) is 9.36 Å². The molecule has 3 aromatic rings. The van der Waals surface area contributed by atoms with Crippen molar-refractivity contribution in [2.75, 3.05) is 19.4 Å². The molecule has 2 aromatic carbocycles. The Morgan fingerprint density at radius 3 is 2.47 bits per heavy atom. The van der Waals surface area contributed by atoms with Crippen LogP contribution in [-0.4, -0.2) is 51.1 Å². The molecule has 1 fully saturated rings. The zero-order valence-corrected chi connectivity index (χ0v) is 18.5. The lowest BCUT2D eigenvalue weighted by Crippen LogP contribution is -2.28. The largest absolute Gasteiger partial charge is 0.376 e. The quantitative estimate of drug-likeness (QED) is 0.475. The van der Waals surface area contributed by atoms with Gasteiger partial charge in [0, 0.05) is 25.8 Å². The van der Waals surface area contributed by atoms with Crippen LogP contribution >= 0.6 is 11.8 Å². The summed E-state index contributed by atoms with van der Waals surface area (Å²) in [5.74, 6) is 0.110. The van der Waals surface area contributed by atoms with Gasteiger partial charge in [-0.1, -0.05) is 23.9 Å². The number of benzene rings is 2. The first kappa shape index (κ1) is 22.4. The Hall–Kier alpha value is -2.78. The van der Waals surface area contributed by atoms with Crippen LogP contribution in [0.1, 0.15) is 18.4 Å². The highest BCUT2D eigenvalue weighted by atomic mass is 32.2. The van der Waals surface area contributed by atoms with E-state index in [-0.39, 0.29) is 29.4 Å². The lowest BCUT2D eigenvalue weighted by Gasteiger charge is -2.18. The fraction of sp³-hybridized carbons (Fsp3) is 0.348. The molecule has 1 atom stereocenters. The van der Waals surface area contributed by atoms with Crippen molar-refractivity contribution in [1.29, 1.82) is 0 Å². The zero-order chi connectivity index (χ0) is 22.5. The van der Waals surface area contributed by atoms with E-state index in [4.69, 9.17) is 4.74 Å². The molecule has 0 radical (unpaired) electrons. The number of carbonyl (C=O) groups excluding carboxylic acids is 1. The number of carbonyl (C=O) groups is 1. The van der Waals surface area contributed by atoms with Gasteiger partial charge in [0.15, 0.2) is 11.0 Å². The van der Waals surface area contributed by atoms with Crippen LogP contribution in [0.3, 0.4) is 0 Å². The summed E-state index contributed by atoms with van der Waals surface area (Å²) in [5.41, 5.74) is 1.61. The van der Waals surface area contributed by atoms with Crippen molar-refractivity contribution >= 4 is 17.7 Å². The first-order chi connectivity index (χ1) is 15.5. The third-order valence-electron chi connectivity index (χ3n) is 5.31. The van der Waals surface area contributed by atoms with Crippen molar-refractivity contribution in [3.05, 3.63) is 65.7 Å². The molecule has 1 saturated heterocycles. The van der Waals surface area contributed by atoms with Gasteiger partial charge in [0.2, 0.25) is 5.91 Å². The summed E-state index contributed by atoms with van der Waals surface area (Å²) in [4.78, 5) is 14.3. The second-order valence-electron chi connectivity index (χ2n) is 7.72. The van der Waals surface area contributed by atoms with Gasteiger partial charge in [0.25, 0.3) is 0 Å². The van der Waals surface area contributed by atoms with Crippen LogP contribution in [0.2, 0.25) is 0 Å². The van der Waals surface area contributed by atoms with Crippen molar-refractivity contribution in [3.8, 4) is 11.4 Å². The maximum absolute atomic E-state index is 13.4. The topological polar surface area (TPSA) is 60.2 Å². The fourth-order valence-corrected chi connectivity index (χ4v) is 4.44. The van der Waals surface area contributed by atoms with Crippen LogP contribution in [0.15, 0.2) is 53.7 Å². The lowest BCUT2D eigenvalue weighted by atomic mass is 10.2. The third-order valence-corrected chi connectivity index (χ3v) is 6.26. The summed E-state index contributed by atoms with van der Waals surface area (Å²) >= 11 is 1.31. The Bertz CT molecular complexity index is 1050. The van der Waals surface area contributed by atoms with E-state index < -0.39 is 0 Å². The van der Waals surface area contributed by atoms with Crippen molar-refractivity contribution < 1.29 is 18.3 Å². The second-order valence-corrected chi connectivity index (χ2v) is 8.67. The van der Waals surface area contributed by atoms with E-state index in [2.05, 4.69) is 10.2 Å². The van der Waals surface area contributed by atoms with Crippen molar-refractivity contribution in [2.24, 2.45) is 0 Å². The van der Waals surface area contributed by atoms with Gasteiger partial charge in [-0.05, 0) is 54.8 Å². The molecule has 0 bridgehead atoms. The summed E-state index contributed by atoms with van der Waals surface area (Å²) in [7, 11) is 1.72. The molecular formula is C23H24F2N4O2S. The molecule has 0 spiro atoms. The number of halogens is 2. The van der Waals surface area contributed by atoms with Crippen LogP contribution in [-0.2, 0) is 22.6 Å². The zero-order valence-electron chi connectivity index (χ0n) is 17.7. The Kier molecular flexibility index (Phi) is 7.16. The smallest absolute Gasteiger partial charge is 0.233 e. The molecule has 9 heteroatoms. The molecule has 32 heavy (non-hydrogen) atoms. The van der Waals surface area contributed by atoms with Crippen molar-refractivity contribution in [3.63, 3.8) is 0 Å². The molecule has 1 amide bonds. The van der Waals surface area contributed by atoms with E-state index in [1.54, 1.807) is 36.2 Å². The number of hydrogen-bond donors (Lipinski definition) is 0. The molecule has 1 aromatic heterocycles. The lowest BCUT2D eigenvalue weighted by molar-refractivity contribution is -0.127. The number of ether oxygens (including phenoxy) is 1. The summed E-state index contributed by atoms with van der Waals surface area (Å²) in [6.07, 6.45) is 2.01. The van der Waals surface area contributed by atoms with E-state index in [0.29, 0.717) is 24.1 Å². The first-order valence-electron chi connectivity index (χ1n) is 10.4. The minimum absolute atomic E-state index is 0.0569. The van der Waals surface area contributed by atoms with Crippen LogP contribution in [0.4, 0.5) is 8.78 Å². The summed E-state index contributed by atoms with van der Waals surface area (Å²) < 4.78 is 34.2. The second kappa shape index (κ2) is 10.2. The van der Waals surface area contributed by atoms with Gasteiger partial charge >= 0.3 is 0 Å². The summed E-state index contributed by atoms with van der Waals surface area (Å²) in [6.45, 7) is 1.69. The van der Waals surface area contributed by atoms with Crippen LogP contribution < -0.4 is 0 Å². The molecule has 4 rings (SSSR count). The van der Waals surface area contributed by atoms with Crippen LogP contribution in [0.25, 0.3) is 11.4 Å². The highest BCUT2D eigenvalue weighted by Gasteiger charge is 2.22. The molecule has 0 saturated carbocycles. The average Bonchev–Trinajstić information content (AvgIpc) is 3.45. The number of hydrogen-bond acceptors (Lipinski definition) is 5. The van der Waals surface area contributed by atoms with Gasteiger partial charge in [0.05, 0.1) is 18.4 Å². The summed E-state index contributed by atoms with van der Waals surface area (Å²) in [6, 6.07) is 12.2. The standard InChI is InChI=1S/C23H24F2N4O2S/c1-28(13-16-4-8-18(24)9-5-16)21(30)15-32-23-27-26-22(17-6-10-19(25)11-7-17)29(23)14-20-3-2-12-31-20/h4-11,20H,2-3,12-15H2,1H3. The van der Waals surface area contributed by atoms with Crippen LogP contribution in [0, 0.1) is 11.6 Å². The molecule has 6 nitrogen and oxygen atoms in total. The van der Waals surface area contributed by atoms with Crippen molar-refractivity contribution in [2.45, 2.75) is 37.2 Å². The maximum atomic E-state index is 13.4. The van der Waals surface area contributed by atoms with Gasteiger partial charge in [-0.25, -0.2) is 8.78 Å². The molecule has 1 unspecified atom stereocenters. The normalized spacial score (nSPS) is 15.8. The minimum atomic E-state index is -0.316. The molecule has 168 valence electrons. The average molecular weight is 459 g/mol. The van der Waals surface area contributed by atoms with E-state index in [1.807, 2.05) is 4.57 Å². The predicted octanol–water partition coefficient (Wildman–Crippen LogP) is 4.15. The fourth-order valence-electron chi connectivity index (χ4n) is 3.55. The van der Waals surface area contributed by atoms with E-state index in [1.165, 1.54) is 36.0 Å². The van der Waals surface area contributed by atoms with E-state index >= 15 is 0 Å². The van der Waals surface area contributed by atoms with Gasteiger partial charge in [0.1, 0.15) is 11.6 Å². The summed E-state index contributed by atoms with van der Waals surface area (Å²) in [5, 5.41) is 9.22. The molecule has 1 aliphatic rings. The highest BCUT2D eigenvalue weighted by molar-refractivity contribution is 7.99. The van der Waals surface area contributed by atoms with Gasteiger partial charge in [-0.2, -0.15) is 0 Å². The maximum Gasteiger partial charge on any atom is 0.233 e. The van der Waals surface area contributed by atoms with E-state index in [0.717, 1.165) is 30.6 Å². The SMILES string of the molecule is CN(Cc1ccc(F)cc1)C(=O)CSc1nnc(-c2ccc(F)cc2)n1CC1CCCO1. The van der Waals surface area contributed by atoms with Crippen LogP contribution in [0.5, 0.6) is 0 Å². The number of rotatable bonds is 8. The molecule has 1 aliphatic heterocycles. The number of thioether (sulfide) groups is 1. The number of aromatic nitrogens is 3. The molecule has 2 heterocycles.